The molecule has 7 N–H and O–H groups in total. The molecule has 0 spiro atoms. The third kappa shape index (κ3) is 4.66. The van der Waals surface area contributed by atoms with Gasteiger partial charge in [-0.25, -0.2) is 19.2 Å². The van der Waals surface area contributed by atoms with Crippen LogP contribution in [0.1, 0.15) is 12.8 Å². The van der Waals surface area contributed by atoms with E-state index in [0.717, 1.165) is 0 Å². The molecule has 11 nitrogen and oxygen atoms in total. The Morgan fingerprint density at radius 2 is 1.79 bits per heavy atom. The molecule has 0 aromatic rings. The molecule has 5 heterocycles. The van der Waals surface area contributed by atoms with Crippen LogP contribution < -0.4 is 27.1 Å². The van der Waals surface area contributed by atoms with Gasteiger partial charge < -0.3 is 26.4 Å². The van der Waals surface area contributed by atoms with E-state index in [1.165, 1.54) is 0 Å². The van der Waals surface area contributed by atoms with Crippen molar-refractivity contribution in [1.29, 1.82) is 0 Å². The van der Waals surface area contributed by atoms with Gasteiger partial charge in [-0.15, -0.1) is 0 Å². The minimum Gasteiger partial charge on any atom is -0.389 e. The van der Waals surface area contributed by atoms with E-state index < -0.39 is 48.8 Å². The van der Waals surface area contributed by atoms with Crippen molar-refractivity contribution in [3.05, 3.63) is 0 Å². The fourth-order valence-corrected chi connectivity index (χ4v) is 6.09. The van der Waals surface area contributed by atoms with Crippen LogP contribution in [0, 0.1) is 11.8 Å². The summed E-state index contributed by atoms with van der Waals surface area (Å²) in [5, 5.41) is 20.2. The monoisotopic (exact) mass is 486 g/mol. The Kier molecular flexibility index (Phi) is 7.04. The number of aliphatic hydroxyl groups excluding tert-OH is 1. The number of nitrogens with one attached hydrogen (secondary N) is 4. The predicted octanol–water partition coefficient (Wildman–Crippen LogP) is -3.32. The molecule has 0 saturated carbocycles. The number of rotatable bonds is 4. The minimum atomic E-state index is -1.16. The number of hydrogen-bond acceptors (Lipinski definition) is 9. The van der Waals surface area contributed by atoms with E-state index in [2.05, 4.69) is 26.3 Å². The number of likely N-dealkylation sites (tertiary alicyclic amines) is 2. The number of β-amino-alcohol motifs (C(OH)–C–C–N with tert-alkyl or cyclic N) is 1. The molecule has 0 radical (unpaired) electrons. The first-order chi connectivity index (χ1) is 16.3. The summed E-state index contributed by atoms with van der Waals surface area (Å²) in [5.41, 5.74) is 9.13. The lowest BCUT2D eigenvalue weighted by molar-refractivity contribution is -0.147. The van der Waals surface area contributed by atoms with Gasteiger partial charge in [0.2, 0.25) is 11.8 Å². The second-order valence-corrected chi connectivity index (χ2v) is 10.3. The molecule has 0 aromatic heterocycles. The van der Waals surface area contributed by atoms with E-state index in [1.54, 1.807) is 9.91 Å². The summed E-state index contributed by atoms with van der Waals surface area (Å²) >= 11 is 0. The molecule has 5 saturated heterocycles. The zero-order chi connectivity index (χ0) is 24.0. The first-order valence-electron chi connectivity index (χ1n) is 12.3. The Morgan fingerprint density at radius 3 is 2.50 bits per heavy atom. The van der Waals surface area contributed by atoms with E-state index in [9.17, 15) is 19.1 Å². The largest absolute Gasteiger partial charge is 0.389 e. The number of aliphatic hydroxyl groups is 1. The van der Waals surface area contributed by atoms with Crippen molar-refractivity contribution in [3.8, 4) is 0 Å². The zero-order valence-electron chi connectivity index (χ0n) is 19.2. The maximum atomic E-state index is 15.1. The summed E-state index contributed by atoms with van der Waals surface area (Å²) in [6.07, 6.45) is -2.45. The number of carbonyl (C=O) groups is 2. The molecule has 5 aliphatic heterocycles. The van der Waals surface area contributed by atoms with Gasteiger partial charge in [0.15, 0.2) is 0 Å². The highest BCUT2D eigenvalue weighted by atomic mass is 19.1. The van der Waals surface area contributed by atoms with Crippen molar-refractivity contribution in [2.24, 2.45) is 17.6 Å². The van der Waals surface area contributed by atoms with Crippen molar-refractivity contribution < 1.29 is 23.5 Å². The highest BCUT2D eigenvalue weighted by Gasteiger charge is 2.49. The maximum Gasteiger partial charge on any atom is 0.229 e. The van der Waals surface area contributed by atoms with Gasteiger partial charge in [0, 0.05) is 45.2 Å². The fraction of sp³-hybridized carbons (Fsp3) is 0.905. The number of nitrogens with zero attached hydrogens (tertiary/aromatic N) is 3. The molecule has 0 aliphatic carbocycles. The third-order valence-electron chi connectivity index (χ3n) is 7.91. The van der Waals surface area contributed by atoms with Gasteiger partial charge in [0.1, 0.15) is 12.3 Å². The molecule has 34 heavy (non-hydrogen) atoms. The van der Waals surface area contributed by atoms with Crippen LogP contribution >= 0.6 is 0 Å². The number of halogens is 2. The standard InChI is InChI=1S/C21H36F2N8O3/c22-12-5-26-19-16(18(24)28-31(19)8-12)20(33)27-15-7-25-6-14(23)17(15)29-3-1-11(2-4-29)21(34)30-9-13(32)10-30/h11-19,25-26,28,32H,1-10,24H2,(H,27,33). The predicted molar refractivity (Wildman–Crippen MR) is 118 cm³/mol. The second-order valence-electron chi connectivity index (χ2n) is 10.3. The number of nitrogens with two attached hydrogens (primary N) is 1. The van der Waals surface area contributed by atoms with Gasteiger partial charge in [-0.1, -0.05) is 0 Å². The summed E-state index contributed by atoms with van der Waals surface area (Å²) in [6, 6.07) is -0.948. The number of hydrazine groups is 1. The van der Waals surface area contributed by atoms with Crippen LogP contribution in [0.5, 0.6) is 0 Å². The normalized spacial score (nSPS) is 40.6. The van der Waals surface area contributed by atoms with E-state index in [0.29, 0.717) is 45.6 Å². The van der Waals surface area contributed by atoms with Gasteiger partial charge in [-0.2, -0.15) is 0 Å². The molecular weight excluding hydrogens is 450 g/mol. The quantitative estimate of drug-likeness (QED) is 0.241. The highest BCUT2D eigenvalue weighted by Crippen LogP contribution is 2.28. The molecule has 5 rings (SSSR count). The molecule has 5 fully saturated rings. The van der Waals surface area contributed by atoms with Crippen molar-refractivity contribution in [2.75, 3.05) is 52.4 Å². The number of hydrogen-bond donors (Lipinski definition) is 6. The van der Waals surface area contributed by atoms with Crippen molar-refractivity contribution >= 4 is 11.8 Å². The number of amides is 2. The van der Waals surface area contributed by atoms with Crippen molar-refractivity contribution in [3.63, 3.8) is 0 Å². The van der Waals surface area contributed by atoms with Crippen LogP contribution in [0.25, 0.3) is 0 Å². The highest BCUT2D eigenvalue weighted by molar-refractivity contribution is 5.81. The van der Waals surface area contributed by atoms with E-state index in [-0.39, 0.29) is 37.4 Å². The minimum absolute atomic E-state index is 0.0692. The molecule has 2 amide bonds. The first-order valence-corrected chi connectivity index (χ1v) is 12.3. The average Bonchev–Trinajstić information content (AvgIpc) is 3.11. The summed E-state index contributed by atoms with van der Waals surface area (Å²) in [6.45, 7) is 2.89. The Labute approximate surface area is 197 Å². The van der Waals surface area contributed by atoms with Gasteiger partial charge in [-0.05, 0) is 25.9 Å². The molecule has 0 bridgehead atoms. The number of alkyl halides is 2. The zero-order valence-corrected chi connectivity index (χ0v) is 19.2. The van der Waals surface area contributed by atoms with Gasteiger partial charge in [0.05, 0.1) is 36.4 Å². The fourth-order valence-electron chi connectivity index (χ4n) is 6.09. The van der Waals surface area contributed by atoms with E-state index in [1.807, 2.05) is 0 Å². The average molecular weight is 487 g/mol. The van der Waals surface area contributed by atoms with Crippen LogP contribution in [-0.4, -0.2) is 127 Å². The van der Waals surface area contributed by atoms with Crippen LogP contribution in [-0.2, 0) is 9.59 Å². The summed E-state index contributed by atoms with van der Waals surface area (Å²) in [4.78, 5) is 29.6. The molecule has 5 aliphatic rings. The third-order valence-corrected chi connectivity index (χ3v) is 7.91. The van der Waals surface area contributed by atoms with Gasteiger partial charge in [-0.3, -0.25) is 19.8 Å². The molecule has 192 valence electrons. The van der Waals surface area contributed by atoms with Crippen LogP contribution in [0.2, 0.25) is 0 Å². The summed E-state index contributed by atoms with van der Waals surface area (Å²) in [5.74, 6) is -0.963. The maximum absolute atomic E-state index is 15.1. The first kappa shape index (κ1) is 24.2. The molecule has 7 atom stereocenters. The van der Waals surface area contributed by atoms with Crippen LogP contribution in [0.3, 0.4) is 0 Å². The van der Waals surface area contributed by atoms with Crippen molar-refractivity contribution in [1.82, 2.24) is 36.2 Å². The summed E-state index contributed by atoms with van der Waals surface area (Å²) in [7, 11) is 0. The number of piperidine rings is 2. The van der Waals surface area contributed by atoms with Crippen LogP contribution in [0.15, 0.2) is 0 Å². The number of carbonyl (C=O) groups excluding carboxylic acids is 2. The molecular formula is C21H36F2N8O3. The topological polar surface area (TPSA) is 138 Å². The lowest BCUT2D eigenvalue weighted by Gasteiger charge is -2.46. The molecule has 13 heteroatoms. The van der Waals surface area contributed by atoms with Crippen LogP contribution in [0.4, 0.5) is 8.78 Å². The summed E-state index contributed by atoms with van der Waals surface area (Å²) < 4.78 is 28.9. The number of fused-ring (bicyclic) bond motifs is 1. The Bertz CT molecular complexity index is 766. The van der Waals surface area contributed by atoms with E-state index in [4.69, 9.17) is 5.73 Å². The molecule has 7 unspecified atom stereocenters. The second kappa shape index (κ2) is 9.88. The van der Waals surface area contributed by atoms with Gasteiger partial charge >= 0.3 is 0 Å². The Balaban J connectivity index is 1.20. The Hall–Kier alpha value is -1.48. The van der Waals surface area contributed by atoms with E-state index >= 15 is 4.39 Å². The lowest BCUT2D eigenvalue weighted by atomic mass is 9.89. The molecule has 0 aromatic carbocycles. The Morgan fingerprint density at radius 1 is 1.06 bits per heavy atom. The smallest absolute Gasteiger partial charge is 0.229 e. The SMILES string of the molecule is NC1NN2CC(F)CNC2C1C(=O)NC1CNCC(F)C1N1CCC(C(=O)N2CC(O)C2)CC1. The van der Waals surface area contributed by atoms with Gasteiger partial charge in [0.25, 0.3) is 0 Å². The van der Waals surface area contributed by atoms with Crippen molar-refractivity contribution in [2.45, 2.75) is 55.7 Å². The lowest BCUT2D eigenvalue weighted by Crippen LogP contribution is -2.67.